The molecular weight excluding hydrogens is 347 g/mol. The fourth-order valence-electron chi connectivity index (χ4n) is 2.73. The molecule has 0 saturated carbocycles. The van der Waals surface area contributed by atoms with E-state index in [2.05, 4.69) is 4.98 Å². The van der Waals surface area contributed by atoms with Crippen molar-refractivity contribution in [1.82, 2.24) is 9.88 Å². The summed E-state index contributed by atoms with van der Waals surface area (Å²) < 4.78 is 5.94. The number of ether oxygens (including phenoxy) is 1. The number of pyridine rings is 1. The highest BCUT2D eigenvalue weighted by Crippen LogP contribution is 2.22. The smallest absolute Gasteiger partial charge is 0.274 e. The lowest BCUT2D eigenvalue weighted by Crippen LogP contribution is -2.41. The maximum atomic E-state index is 12.5. The van der Waals surface area contributed by atoms with Crippen molar-refractivity contribution in [1.29, 1.82) is 0 Å². The molecular formula is C18H18Cl2N2O2. The molecule has 0 N–H and O–H groups in total. The second-order valence-electron chi connectivity index (χ2n) is 5.75. The molecule has 3 rings (SSSR count). The van der Waals surface area contributed by atoms with Crippen LogP contribution < -0.4 is 0 Å². The lowest BCUT2D eigenvalue weighted by molar-refractivity contribution is -0.000503. The maximum Gasteiger partial charge on any atom is 0.274 e. The summed E-state index contributed by atoms with van der Waals surface area (Å²) in [6.45, 7) is 1.85. The Morgan fingerprint density at radius 1 is 1.12 bits per heavy atom. The van der Waals surface area contributed by atoms with E-state index in [1.54, 1.807) is 17.0 Å². The number of piperidine rings is 1. The van der Waals surface area contributed by atoms with Crippen molar-refractivity contribution >= 4 is 29.1 Å². The highest BCUT2D eigenvalue weighted by atomic mass is 35.5. The first-order valence-electron chi connectivity index (χ1n) is 7.90. The monoisotopic (exact) mass is 364 g/mol. The van der Waals surface area contributed by atoms with Gasteiger partial charge in [0.2, 0.25) is 0 Å². The van der Waals surface area contributed by atoms with Crippen molar-refractivity contribution < 1.29 is 9.53 Å². The largest absolute Gasteiger partial charge is 0.373 e. The van der Waals surface area contributed by atoms with Gasteiger partial charge in [0.15, 0.2) is 0 Å². The molecule has 1 fully saturated rings. The zero-order valence-electron chi connectivity index (χ0n) is 13.1. The number of hydrogen-bond acceptors (Lipinski definition) is 3. The van der Waals surface area contributed by atoms with E-state index >= 15 is 0 Å². The fraction of sp³-hybridized carbons (Fsp3) is 0.333. The zero-order chi connectivity index (χ0) is 16.9. The number of benzene rings is 1. The van der Waals surface area contributed by atoms with Crippen LogP contribution >= 0.6 is 23.2 Å². The summed E-state index contributed by atoms with van der Waals surface area (Å²) >= 11 is 11.9. The van der Waals surface area contributed by atoms with Gasteiger partial charge in [-0.2, -0.15) is 0 Å². The molecule has 2 aromatic rings. The second-order valence-corrected chi connectivity index (χ2v) is 6.55. The normalized spacial score (nSPS) is 15.5. The summed E-state index contributed by atoms with van der Waals surface area (Å²) in [7, 11) is 0. The van der Waals surface area contributed by atoms with Crippen molar-refractivity contribution in [3.63, 3.8) is 0 Å². The predicted molar refractivity (Wildman–Crippen MR) is 94.4 cm³/mol. The average molecular weight is 365 g/mol. The Balaban J connectivity index is 1.53. The Morgan fingerprint density at radius 3 is 2.54 bits per heavy atom. The zero-order valence-corrected chi connectivity index (χ0v) is 14.6. The fourth-order valence-corrected chi connectivity index (χ4v) is 3.07. The molecule has 4 nitrogen and oxygen atoms in total. The van der Waals surface area contributed by atoms with Crippen LogP contribution in [0, 0.1) is 0 Å². The lowest BCUT2D eigenvalue weighted by atomic mass is 10.1. The number of carbonyl (C=O) groups is 1. The van der Waals surface area contributed by atoms with Crippen LogP contribution in [0.4, 0.5) is 0 Å². The van der Waals surface area contributed by atoms with E-state index in [-0.39, 0.29) is 22.9 Å². The summed E-state index contributed by atoms with van der Waals surface area (Å²) in [5.41, 5.74) is 1.37. The maximum absolute atomic E-state index is 12.5. The minimum Gasteiger partial charge on any atom is -0.373 e. The van der Waals surface area contributed by atoms with Gasteiger partial charge in [-0.3, -0.25) is 4.79 Å². The van der Waals surface area contributed by atoms with Crippen LogP contribution in [0.2, 0.25) is 10.2 Å². The van der Waals surface area contributed by atoms with Crippen molar-refractivity contribution in [2.75, 3.05) is 13.1 Å². The summed E-state index contributed by atoms with van der Waals surface area (Å²) in [5, 5.41) is 0.593. The number of aromatic nitrogens is 1. The SMILES string of the molecule is O=C(c1nc(Cl)ccc1Cl)N1CCC(OCc2ccccc2)CC1. The molecule has 0 bridgehead atoms. The van der Waals surface area contributed by atoms with Gasteiger partial charge < -0.3 is 9.64 Å². The summed E-state index contributed by atoms with van der Waals surface area (Å²) in [6, 6.07) is 13.3. The number of hydrogen-bond donors (Lipinski definition) is 0. The molecule has 0 unspecified atom stereocenters. The van der Waals surface area contributed by atoms with Gasteiger partial charge in [-0.05, 0) is 30.5 Å². The van der Waals surface area contributed by atoms with Crippen molar-refractivity contribution in [3.8, 4) is 0 Å². The molecule has 24 heavy (non-hydrogen) atoms. The van der Waals surface area contributed by atoms with Gasteiger partial charge in [0, 0.05) is 13.1 Å². The number of rotatable bonds is 4. The van der Waals surface area contributed by atoms with E-state index in [0.717, 1.165) is 18.4 Å². The molecule has 2 heterocycles. The third-order valence-corrected chi connectivity index (χ3v) is 4.59. The highest BCUT2D eigenvalue weighted by molar-refractivity contribution is 6.34. The Bertz CT molecular complexity index is 701. The molecule has 0 radical (unpaired) electrons. The Labute approximate surface area is 151 Å². The molecule has 1 aliphatic heterocycles. The molecule has 1 aromatic carbocycles. The predicted octanol–water partition coefficient (Wildman–Crippen LogP) is 4.21. The first-order chi connectivity index (χ1) is 11.6. The van der Waals surface area contributed by atoms with Crippen LogP contribution in [-0.4, -0.2) is 35.0 Å². The van der Waals surface area contributed by atoms with Gasteiger partial charge in [0.25, 0.3) is 5.91 Å². The first kappa shape index (κ1) is 17.2. The summed E-state index contributed by atoms with van der Waals surface area (Å²) in [6.07, 6.45) is 1.77. The molecule has 0 aliphatic carbocycles. The minimum absolute atomic E-state index is 0.164. The van der Waals surface area contributed by atoms with E-state index in [9.17, 15) is 4.79 Å². The molecule has 6 heteroatoms. The average Bonchev–Trinajstić information content (AvgIpc) is 2.63. The van der Waals surface area contributed by atoms with Gasteiger partial charge in [-0.25, -0.2) is 4.98 Å². The third kappa shape index (κ3) is 4.26. The van der Waals surface area contributed by atoms with E-state index in [0.29, 0.717) is 24.7 Å². The van der Waals surface area contributed by atoms with Crippen LogP contribution in [0.5, 0.6) is 0 Å². The first-order valence-corrected chi connectivity index (χ1v) is 8.66. The molecule has 126 valence electrons. The van der Waals surface area contributed by atoms with Crippen LogP contribution in [0.15, 0.2) is 42.5 Å². The Kier molecular flexibility index (Phi) is 5.72. The lowest BCUT2D eigenvalue weighted by Gasteiger charge is -2.32. The van der Waals surface area contributed by atoms with Gasteiger partial charge in [0.1, 0.15) is 10.8 Å². The van der Waals surface area contributed by atoms with Gasteiger partial charge >= 0.3 is 0 Å². The van der Waals surface area contributed by atoms with E-state index in [4.69, 9.17) is 27.9 Å². The molecule has 1 saturated heterocycles. The summed E-state index contributed by atoms with van der Waals surface area (Å²) in [4.78, 5) is 18.3. The molecule has 1 aliphatic rings. The van der Waals surface area contributed by atoms with Gasteiger partial charge in [-0.1, -0.05) is 53.5 Å². The quantitative estimate of drug-likeness (QED) is 0.763. The molecule has 1 amide bonds. The number of carbonyl (C=O) groups excluding carboxylic acids is 1. The van der Waals surface area contributed by atoms with Crippen molar-refractivity contribution in [2.45, 2.75) is 25.6 Å². The number of nitrogens with zero attached hydrogens (tertiary/aromatic N) is 2. The third-order valence-electron chi connectivity index (χ3n) is 4.07. The van der Waals surface area contributed by atoms with Crippen LogP contribution in [0.1, 0.15) is 28.9 Å². The topological polar surface area (TPSA) is 42.4 Å². The standard InChI is InChI=1S/C18H18Cl2N2O2/c19-15-6-7-16(20)21-17(15)18(23)22-10-8-14(9-11-22)24-12-13-4-2-1-3-5-13/h1-7,14H,8-12H2. The summed E-state index contributed by atoms with van der Waals surface area (Å²) in [5.74, 6) is -0.177. The van der Waals surface area contributed by atoms with Gasteiger partial charge in [-0.15, -0.1) is 0 Å². The second kappa shape index (κ2) is 7.97. The minimum atomic E-state index is -0.177. The van der Waals surface area contributed by atoms with Gasteiger partial charge in [0.05, 0.1) is 17.7 Å². The molecule has 1 aromatic heterocycles. The van der Waals surface area contributed by atoms with E-state index in [1.165, 1.54) is 0 Å². The molecule has 0 atom stereocenters. The molecule has 0 spiro atoms. The van der Waals surface area contributed by atoms with Crippen molar-refractivity contribution in [2.24, 2.45) is 0 Å². The Morgan fingerprint density at radius 2 is 1.83 bits per heavy atom. The van der Waals surface area contributed by atoms with Crippen molar-refractivity contribution in [3.05, 3.63) is 63.9 Å². The number of likely N-dealkylation sites (tertiary alicyclic amines) is 1. The highest BCUT2D eigenvalue weighted by Gasteiger charge is 2.26. The van der Waals surface area contributed by atoms with Crippen LogP contribution in [0.25, 0.3) is 0 Å². The number of amides is 1. The van der Waals surface area contributed by atoms with E-state index < -0.39 is 0 Å². The van der Waals surface area contributed by atoms with Crippen LogP contribution in [0.3, 0.4) is 0 Å². The number of halogens is 2. The Hall–Kier alpha value is -1.62. The van der Waals surface area contributed by atoms with E-state index in [1.807, 2.05) is 30.3 Å². The van der Waals surface area contributed by atoms with Crippen LogP contribution in [-0.2, 0) is 11.3 Å².